The van der Waals surface area contributed by atoms with Crippen LogP contribution in [-0.2, 0) is 17.8 Å². The number of Topliss-reactive ketones (excluding diaryl/α,β-unsaturated/α-hetero) is 1. The van der Waals surface area contributed by atoms with Crippen LogP contribution in [0.2, 0.25) is 0 Å². The predicted molar refractivity (Wildman–Crippen MR) is 140 cm³/mol. The number of para-hydroxylation sites is 2. The Kier molecular flexibility index (Phi) is 7.95. The number of carboxylic acids is 2. The van der Waals surface area contributed by atoms with E-state index in [2.05, 4.69) is 5.32 Å². The summed E-state index contributed by atoms with van der Waals surface area (Å²) in [5.74, 6) is -3.40. The van der Waals surface area contributed by atoms with Gasteiger partial charge in [0.25, 0.3) is 0 Å². The second-order valence-corrected chi connectivity index (χ2v) is 8.43. The van der Waals surface area contributed by atoms with Crippen LogP contribution < -0.4 is 10.1 Å². The van der Waals surface area contributed by atoms with Crippen molar-refractivity contribution in [2.45, 2.75) is 13.0 Å². The molecule has 7 heteroatoms. The summed E-state index contributed by atoms with van der Waals surface area (Å²) < 4.78 is 5.74. The molecule has 0 radical (unpaired) electrons. The molecule has 3 N–H and O–H groups in total. The molecule has 4 rings (SSSR count). The van der Waals surface area contributed by atoms with Crippen molar-refractivity contribution in [3.05, 3.63) is 125 Å². The number of carboxylic acid groups (broad SMARTS) is 2. The molecule has 0 fully saturated rings. The normalized spacial score (nSPS) is 11.4. The van der Waals surface area contributed by atoms with Crippen LogP contribution in [-0.4, -0.2) is 27.9 Å². The zero-order chi connectivity index (χ0) is 26.2. The van der Waals surface area contributed by atoms with Gasteiger partial charge >= 0.3 is 11.9 Å². The van der Waals surface area contributed by atoms with Gasteiger partial charge in [-0.25, -0.2) is 4.79 Å². The maximum absolute atomic E-state index is 13.3. The number of ketones is 1. The monoisotopic (exact) mass is 495 g/mol. The van der Waals surface area contributed by atoms with E-state index in [1.165, 1.54) is 6.07 Å². The third kappa shape index (κ3) is 6.61. The Bertz CT molecular complexity index is 1400. The molecule has 0 spiro atoms. The zero-order valence-electron chi connectivity index (χ0n) is 19.8. The SMILES string of the molecule is O=C(O)c1cccc(COc2ccc(CC(C(=O)O)C(=O)c3ccccc3Nc3ccccc3)cc2)c1. The lowest BCUT2D eigenvalue weighted by Gasteiger charge is -2.16. The minimum Gasteiger partial charge on any atom is -0.489 e. The minimum atomic E-state index is -1.26. The highest BCUT2D eigenvalue weighted by molar-refractivity contribution is 6.11. The number of aromatic carboxylic acids is 1. The van der Waals surface area contributed by atoms with Gasteiger partial charge in [-0.2, -0.15) is 0 Å². The second-order valence-electron chi connectivity index (χ2n) is 8.43. The standard InChI is InChI=1S/C30H25NO6/c32-28(25-11-4-5-12-27(25)31-23-9-2-1-3-10-23)26(30(35)36)18-20-13-15-24(16-14-20)37-19-21-7-6-8-22(17-21)29(33)34/h1-17,26,31H,18-19H2,(H,33,34)(H,35,36). The summed E-state index contributed by atoms with van der Waals surface area (Å²) in [5.41, 5.74) is 3.21. The van der Waals surface area contributed by atoms with Gasteiger partial charge in [-0.3, -0.25) is 9.59 Å². The summed E-state index contributed by atoms with van der Waals surface area (Å²) >= 11 is 0. The Hall–Kier alpha value is -4.91. The maximum Gasteiger partial charge on any atom is 0.335 e. The highest BCUT2D eigenvalue weighted by atomic mass is 16.5. The molecule has 7 nitrogen and oxygen atoms in total. The van der Waals surface area contributed by atoms with E-state index in [9.17, 15) is 19.5 Å². The van der Waals surface area contributed by atoms with Crippen LogP contribution in [0.15, 0.2) is 103 Å². The molecule has 37 heavy (non-hydrogen) atoms. The lowest BCUT2D eigenvalue weighted by molar-refractivity contribution is -0.139. The zero-order valence-corrected chi connectivity index (χ0v) is 19.8. The van der Waals surface area contributed by atoms with Gasteiger partial charge in [-0.15, -0.1) is 0 Å². The number of carbonyl (C=O) groups excluding carboxylic acids is 1. The third-order valence-electron chi connectivity index (χ3n) is 5.80. The smallest absolute Gasteiger partial charge is 0.335 e. The average molecular weight is 496 g/mol. The van der Waals surface area contributed by atoms with Crippen molar-refractivity contribution in [3.8, 4) is 5.75 Å². The molecule has 1 unspecified atom stereocenters. The average Bonchev–Trinajstić information content (AvgIpc) is 2.92. The molecule has 4 aromatic rings. The van der Waals surface area contributed by atoms with E-state index < -0.39 is 23.6 Å². The van der Waals surface area contributed by atoms with Crippen molar-refractivity contribution in [1.82, 2.24) is 0 Å². The molecule has 0 aliphatic rings. The van der Waals surface area contributed by atoms with E-state index in [0.717, 1.165) is 5.69 Å². The molecule has 0 aliphatic heterocycles. The molecule has 0 aliphatic carbocycles. The highest BCUT2D eigenvalue weighted by Crippen LogP contribution is 2.25. The van der Waals surface area contributed by atoms with Crippen LogP contribution in [0.5, 0.6) is 5.75 Å². The second kappa shape index (κ2) is 11.7. The topological polar surface area (TPSA) is 113 Å². The van der Waals surface area contributed by atoms with E-state index in [1.54, 1.807) is 66.7 Å². The summed E-state index contributed by atoms with van der Waals surface area (Å²) in [6, 6.07) is 29.5. The van der Waals surface area contributed by atoms with Gasteiger partial charge < -0.3 is 20.3 Å². The predicted octanol–water partition coefficient (Wildman–Crippen LogP) is 5.83. The lowest BCUT2D eigenvalue weighted by Crippen LogP contribution is -2.26. The summed E-state index contributed by atoms with van der Waals surface area (Å²) in [6.45, 7) is 0.182. The first kappa shape index (κ1) is 25.2. The maximum atomic E-state index is 13.3. The Morgan fingerprint density at radius 2 is 1.46 bits per heavy atom. The molecule has 0 aromatic heterocycles. The number of aliphatic carboxylic acids is 1. The van der Waals surface area contributed by atoms with E-state index in [1.807, 2.05) is 30.3 Å². The fourth-order valence-electron chi connectivity index (χ4n) is 3.88. The van der Waals surface area contributed by atoms with Crippen LogP contribution in [0, 0.1) is 5.92 Å². The lowest BCUT2D eigenvalue weighted by atomic mass is 9.90. The highest BCUT2D eigenvalue weighted by Gasteiger charge is 2.29. The Morgan fingerprint density at radius 1 is 0.757 bits per heavy atom. The number of anilines is 2. The first-order chi connectivity index (χ1) is 17.9. The van der Waals surface area contributed by atoms with Crippen LogP contribution in [0.1, 0.15) is 31.8 Å². The van der Waals surface area contributed by atoms with Gasteiger partial charge in [0.05, 0.1) is 5.56 Å². The number of ether oxygens (including phenoxy) is 1. The Morgan fingerprint density at radius 3 is 2.16 bits per heavy atom. The van der Waals surface area contributed by atoms with Crippen LogP contribution in [0.3, 0.4) is 0 Å². The molecule has 0 saturated carbocycles. The van der Waals surface area contributed by atoms with Crippen molar-refractivity contribution in [3.63, 3.8) is 0 Å². The number of hydrogen-bond acceptors (Lipinski definition) is 5. The quantitative estimate of drug-likeness (QED) is 0.177. The van der Waals surface area contributed by atoms with Gasteiger partial charge in [0.2, 0.25) is 0 Å². The van der Waals surface area contributed by atoms with Crippen molar-refractivity contribution >= 4 is 29.1 Å². The molecule has 0 amide bonds. The fourth-order valence-corrected chi connectivity index (χ4v) is 3.88. The van der Waals surface area contributed by atoms with E-state index in [-0.39, 0.29) is 18.6 Å². The van der Waals surface area contributed by atoms with Crippen molar-refractivity contribution < 1.29 is 29.3 Å². The third-order valence-corrected chi connectivity index (χ3v) is 5.80. The van der Waals surface area contributed by atoms with Gasteiger partial charge in [-0.05, 0) is 66.1 Å². The first-order valence-electron chi connectivity index (χ1n) is 11.6. The Balaban J connectivity index is 1.44. The number of carbonyl (C=O) groups is 3. The number of hydrogen-bond donors (Lipinski definition) is 3. The van der Waals surface area contributed by atoms with Crippen molar-refractivity contribution in [2.24, 2.45) is 5.92 Å². The molecule has 186 valence electrons. The first-order valence-corrected chi connectivity index (χ1v) is 11.6. The van der Waals surface area contributed by atoms with E-state index in [0.29, 0.717) is 28.1 Å². The molecular weight excluding hydrogens is 470 g/mol. The van der Waals surface area contributed by atoms with Crippen LogP contribution in [0.25, 0.3) is 0 Å². The Labute approximate surface area is 214 Å². The minimum absolute atomic E-state index is 0.0226. The van der Waals surface area contributed by atoms with Gasteiger partial charge in [0, 0.05) is 16.9 Å². The van der Waals surface area contributed by atoms with Crippen molar-refractivity contribution in [2.75, 3.05) is 5.32 Å². The molecule has 0 saturated heterocycles. The molecule has 1 atom stereocenters. The number of nitrogens with one attached hydrogen (secondary N) is 1. The van der Waals surface area contributed by atoms with Gasteiger partial charge in [-0.1, -0.05) is 54.6 Å². The van der Waals surface area contributed by atoms with Crippen LogP contribution >= 0.6 is 0 Å². The van der Waals surface area contributed by atoms with E-state index in [4.69, 9.17) is 9.84 Å². The summed E-state index contributed by atoms with van der Waals surface area (Å²) in [5, 5.41) is 22.2. The van der Waals surface area contributed by atoms with Gasteiger partial charge in [0.15, 0.2) is 5.78 Å². The number of benzene rings is 4. The molecule has 0 bridgehead atoms. The molecule has 4 aromatic carbocycles. The summed E-state index contributed by atoms with van der Waals surface area (Å²) in [4.78, 5) is 36.5. The fraction of sp³-hybridized carbons (Fsp3) is 0.100. The number of rotatable bonds is 11. The van der Waals surface area contributed by atoms with Crippen LogP contribution in [0.4, 0.5) is 11.4 Å². The summed E-state index contributed by atoms with van der Waals surface area (Å²) in [7, 11) is 0. The molecular formula is C30H25NO6. The van der Waals surface area contributed by atoms with Gasteiger partial charge in [0.1, 0.15) is 18.3 Å². The summed E-state index contributed by atoms with van der Waals surface area (Å²) in [6.07, 6.45) is 0.0226. The van der Waals surface area contributed by atoms with Crippen molar-refractivity contribution in [1.29, 1.82) is 0 Å². The largest absolute Gasteiger partial charge is 0.489 e. The molecule has 0 heterocycles. The van der Waals surface area contributed by atoms with E-state index >= 15 is 0 Å².